The molecule has 0 bridgehead atoms. The molecule has 0 aliphatic rings. The largest absolute Gasteiger partial charge is 0.239 e. The first kappa shape index (κ1) is 7.12. The molecule has 0 unspecified atom stereocenters. The Balaban J connectivity index is 3.49. The van der Waals surface area contributed by atoms with Gasteiger partial charge in [-0.2, -0.15) is 4.99 Å². The van der Waals surface area contributed by atoms with Crippen molar-refractivity contribution in [3.8, 4) is 0 Å². The summed E-state index contributed by atoms with van der Waals surface area (Å²) in [5.41, 5.74) is 0. The summed E-state index contributed by atoms with van der Waals surface area (Å²) in [5, 5.41) is 0. The molecule has 0 aromatic rings. The minimum absolute atomic E-state index is 0.451. The van der Waals surface area contributed by atoms with Crippen LogP contribution in [0.3, 0.4) is 0 Å². The maximum Gasteiger partial charge on any atom is 0.239 e. The van der Waals surface area contributed by atoms with E-state index in [9.17, 15) is 4.79 Å². The fourth-order valence-electron chi connectivity index (χ4n) is 0.246. The van der Waals surface area contributed by atoms with E-state index >= 15 is 0 Å². The van der Waals surface area contributed by atoms with E-state index in [-0.39, 0.29) is 0 Å². The van der Waals surface area contributed by atoms with Crippen LogP contribution in [0.4, 0.5) is 0 Å². The zero-order valence-electron chi connectivity index (χ0n) is 5.09. The standard InChI is InChI=1S/C6H9NO/c1-6(2)3-4-7-5-8/h3-4,6H,1-2H3/b4-3+. The monoisotopic (exact) mass is 111 g/mol. The quantitative estimate of drug-likeness (QED) is 0.392. The average molecular weight is 111 g/mol. The molecule has 0 fully saturated rings. The molecule has 0 rings (SSSR count). The lowest BCUT2D eigenvalue weighted by Gasteiger charge is -1.86. The van der Waals surface area contributed by atoms with Crippen molar-refractivity contribution in [1.82, 2.24) is 0 Å². The van der Waals surface area contributed by atoms with E-state index in [0.29, 0.717) is 5.92 Å². The van der Waals surface area contributed by atoms with Gasteiger partial charge in [-0.05, 0) is 5.92 Å². The van der Waals surface area contributed by atoms with Crippen molar-refractivity contribution in [3.63, 3.8) is 0 Å². The van der Waals surface area contributed by atoms with E-state index in [1.165, 1.54) is 12.3 Å². The fourth-order valence-corrected chi connectivity index (χ4v) is 0.246. The third-order valence-corrected chi connectivity index (χ3v) is 0.598. The summed E-state index contributed by atoms with van der Waals surface area (Å²) in [6.45, 7) is 4.02. The first-order chi connectivity index (χ1) is 3.77. The summed E-state index contributed by atoms with van der Waals surface area (Å²) in [7, 11) is 0. The number of allylic oxidation sites excluding steroid dienone is 1. The number of rotatable bonds is 2. The topological polar surface area (TPSA) is 29.4 Å². The zero-order valence-corrected chi connectivity index (χ0v) is 5.09. The van der Waals surface area contributed by atoms with Gasteiger partial charge in [0.25, 0.3) is 0 Å². The highest BCUT2D eigenvalue weighted by Gasteiger charge is 1.78. The predicted molar refractivity (Wildman–Crippen MR) is 32.1 cm³/mol. The lowest BCUT2D eigenvalue weighted by molar-refractivity contribution is 0.565. The lowest BCUT2D eigenvalue weighted by Crippen LogP contribution is -1.74. The fraction of sp³-hybridized carbons (Fsp3) is 0.500. The van der Waals surface area contributed by atoms with Crippen LogP contribution in [0.5, 0.6) is 0 Å². The van der Waals surface area contributed by atoms with Gasteiger partial charge in [0.2, 0.25) is 6.08 Å². The van der Waals surface area contributed by atoms with Gasteiger partial charge >= 0.3 is 0 Å². The van der Waals surface area contributed by atoms with Gasteiger partial charge in [-0.15, -0.1) is 0 Å². The SMILES string of the molecule is CC(C)/C=C/N=C=O. The van der Waals surface area contributed by atoms with Gasteiger partial charge in [-0.3, -0.25) is 0 Å². The maximum atomic E-state index is 9.44. The summed E-state index contributed by atoms with van der Waals surface area (Å²) in [5.74, 6) is 0.451. The summed E-state index contributed by atoms with van der Waals surface area (Å²) < 4.78 is 0. The third kappa shape index (κ3) is 5.12. The Bertz CT molecular complexity index is 120. The van der Waals surface area contributed by atoms with Crippen LogP contribution in [0, 0.1) is 5.92 Å². The van der Waals surface area contributed by atoms with E-state index in [1.54, 1.807) is 0 Å². The first-order valence-corrected chi connectivity index (χ1v) is 2.51. The van der Waals surface area contributed by atoms with Gasteiger partial charge in [0, 0.05) is 6.20 Å². The Morgan fingerprint density at radius 2 is 2.25 bits per heavy atom. The highest BCUT2D eigenvalue weighted by Crippen LogP contribution is 1.91. The molecule has 0 amide bonds. The zero-order chi connectivity index (χ0) is 6.41. The molecule has 0 aliphatic carbocycles. The number of carbonyl (C=O) groups excluding carboxylic acids is 1. The molecule has 8 heavy (non-hydrogen) atoms. The van der Waals surface area contributed by atoms with Gasteiger partial charge in [0.15, 0.2) is 0 Å². The maximum absolute atomic E-state index is 9.44. The molecule has 0 aromatic heterocycles. The highest BCUT2D eigenvalue weighted by molar-refractivity contribution is 5.34. The molecule has 2 heteroatoms. The van der Waals surface area contributed by atoms with E-state index in [4.69, 9.17) is 0 Å². The van der Waals surface area contributed by atoms with E-state index < -0.39 is 0 Å². The molecule has 0 saturated heterocycles. The van der Waals surface area contributed by atoms with Crippen molar-refractivity contribution in [2.75, 3.05) is 0 Å². The van der Waals surface area contributed by atoms with Crippen LogP contribution < -0.4 is 0 Å². The van der Waals surface area contributed by atoms with Crippen molar-refractivity contribution >= 4 is 6.08 Å². The minimum atomic E-state index is 0.451. The van der Waals surface area contributed by atoms with Crippen LogP contribution in [0.15, 0.2) is 17.3 Å². The van der Waals surface area contributed by atoms with Crippen molar-refractivity contribution in [2.45, 2.75) is 13.8 Å². The van der Waals surface area contributed by atoms with E-state index in [1.807, 2.05) is 19.9 Å². The smallest absolute Gasteiger partial charge is 0.211 e. The Morgan fingerprint density at radius 1 is 1.62 bits per heavy atom. The van der Waals surface area contributed by atoms with Crippen molar-refractivity contribution in [1.29, 1.82) is 0 Å². The van der Waals surface area contributed by atoms with Crippen LogP contribution in [0.1, 0.15) is 13.8 Å². The molecule has 0 saturated carbocycles. The summed E-state index contributed by atoms with van der Waals surface area (Å²) in [6.07, 6.45) is 4.69. The Kier molecular flexibility index (Phi) is 3.81. The normalized spacial score (nSPS) is 9.88. The number of hydrogen-bond acceptors (Lipinski definition) is 2. The molecule has 0 radical (unpaired) electrons. The lowest BCUT2D eigenvalue weighted by atomic mass is 10.2. The van der Waals surface area contributed by atoms with Crippen LogP contribution >= 0.6 is 0 Å². The van der Waals surface area contributed by atoms with Crippen molar-refractivity contribution in [3.05, 3.63) is 12.3 Å². The number of hydrogen-bond donors (Lipinski definition) is 0. The van der Waals surface area contributed by atoms with Gasteiger partial charge in [0.05, 0.1) is 0 Å². The molecule has 2 nitrogen and oxygen atoms in total. The van der Waals surface area contributed by atoms with Crippen LogP contribution in [0.25, 0.3) is 0 Å². The molecule has 0 N–H and O–H groups in total. The number of aliphatic imine (C=N–C) groups is 1. The molecule has 0 atom stereocenters. The second kappa shape index (κ2) is 4.28. The Hall–Kier alpha value is -0.880. The molecule has 44 valence electrons. The number of isocyanates is 1. The predicted octanol–water partition coefficient (Wildman–Crippen LogP) is 1.49. The molecular weight excluding hydrogens is 102 g/mol. The Morgan fingerprint density at radius 3 is 2.62 bits per heavy atom. The average Bonchev–Trinajstić information content (AvgIpc) is 1.66. The molecular formula is C6H9NO. The van der Waals surface area contributed by atoms with Crippen molar-refractivity contribution in [2.24, 2.45) is 10.9 Å². The molecule has 0 aliphatic heterocycles. The summed E-state index contributed by atoms with van der Waals surface area (Å²) in [4.78, 5) is 12.7. The second-order valence-electron chi connectivity index (χ2n) is 1.81. The highest BCUT2D eigenvalue weighted by atomic mass is 16.1. The third-order valence-electron chi connectivity index (χ3n) is 0.598. The van der Waals surface area contributed by atoms with Gasteiger partial charge in [-0.25, -0.2) is 4.79 Å². The van der Waals surface area contributed by atoms with Crippen LogP contribution in [0.2, 0.25) is 0 Å². The second-order valence-corrected chi connectivity index (χ2v) is 1.81. The molecule has 0 aromatic carbocycles. The van der Waals surface area contributed by atoms with Crippen LogP contribution in [-0.2, 0) is 4.79 Å². The summed E-state index contributed by atoms with van der Waals surface area (Å²) in [6, 6.07) is 0. The van der Waals surface area contributed by atoms with Crippen molar-refractivity contribution < 1.29 is 4.79 Å². The van der Waals surface area contributed by atoms with Crippen LogP contribution in [-0.4, -0.2) is 6.08 Å². The minimum Gasteiger partial charge on any atom is -0.211 e. The van der Waals surface area contributed by atoms with E-state index in [2.05, 4.69) is 4.99 Å². The Labute approximate surface area is 48.9 Å². The number of nitrogens with zero attached hydrogens (tertiary/aromatic N) is 1. The van der Waals surface area contributed by atoms with Gasteiger partial charge in [-0.1, -0.05) is 19.9 Å². The molecule has 0 heterocycles. The first-order valence-electron chi connectivity index (χ1n) is 2.51. The summed E-state index contributed by atoms with van der Waals surface area (Å²) >= 11 is 0. The van der Waals surface area contributed by atoms with Gasteiger partial charge < -0.3 is 0 Å². The van der Waals surface area contributed by atoms with E-state index in [0.717, 1.165) is 0 Å². The van der Waals surface area contributed by atoms with Gasteiger partial charge in [0.1, 0.15) is 0 Å². The molecule has 0 spiro atoms.